The van der Waals surface area contributed by atoms with Crippen molar-refractivity contribution in [2.24, 2.45) is 5.41 Å². The van der Waals surface area contributed by atoms with Gasteiger partial charge < -0.3 is 10.4 Å². The number of fused-ring (bicyclic) bond motifs is 1. The minimum atomic E-state index is -0.754. The quantitative estimate of drug-likeness (QED) is 0.844. The van der Waals surface area contributed by atoms with Crippen molar-refractivity contribution < 1.29 is 9.90 Å². The average Bonchev–Trinajstić information content (AvgIpc) is 2.48. The van der Waals surface area contributed by atoms with Crippen molar-refractivity contribution in [2.45, 2.75) is 26.7 Å². The van der Waals surface area contributed by atoms with Crippen LogP contribution in [0.3, 0.4) is 0 Å². The topological polar surface area (TPSA) is 62.2 Å². The highest BCUT2D eigenvalue weighted by molar-refractivity contribution is 5.80. The zero-order chi connectivity index (χ0) is 14.6. The molecule has 2 rings (SSSR count). The van der Waals surface area contributed by atoms with E-state index in [4.69, 9.17) is 0 Å². The molecule has 0 saturated heterocycles. The number of carboxylic acid groups (broad SMARTS) is 1. The van der Waals surface area contributed by atoms with Gasteiger partial charge >= 0.3 is 5.97 Å². The highest BCUT2D eigenvalue weighted by Crippen LogP contribution is 2.27. The normalized spacial score (nSPS) is 11.5. The predicted molar refractivity (Wildman–Crippen MR) is 80.9 cm³/mol. The first-order valence-corrected chi connectivity index (χ1v) is 6.94. The van der Waals surface area contributed by atoms with Crippen molar-refractivity contribution in [1.82, 2.24) is 4.98 Å². The van der Waals surface area contributed by atoms with Gasteiger partial charge in [0, 0.05) is 11.9 Å². The summed E-state index contributed by atoms with van der Waals surface area (Å²) in [5.41, 5.74) is 0.180. The lowest BCUT2D eigenvalue weighted by Gasteiger charge is -2.27. The Balaban J connectivity index is 2.17. The van der Waals surface area contributed by atoms with E-state index in [1.165, 1.54) is 0 Å². The van der Waals surface area contributed by atoms with E-state index in [1.807, 2.05) is 50.2 Å². The molecule has 106 valence electrons. The minimum Gasteiger partial charge on any atom is -0.481 e. The third-order valence-electron chi connectivity index (χ3n) is 4.01. The molecule has 0 saturated carbocycles. The summed E-state index contributed by atoms with van der Waals surface area (Å²) in [4.78, 5) is 16.0. The van der Waals surface area contributed by atoms with E-state index < -0.39 is 11.4 Å². The van der Waals surface area contributed by atoms with Crippen LogP contribution in [0.25, 0.3) is 10.9 Å². The number of nitrogens with zero attached hydrogens (tertiary/aromatic N) is 1. The molecule has 0 aliphatic carbocycles. The third-order valence-corrected chi connectivity index (χ3v) is 4.01. The van der Waals surface area contributed by atoms with Gasteiger partial charge in [0.05, 0.1) is 10.9 Å². The first-order valence-electron chi connectivity index (χ1n) is 6.94. The Kier molecular flexibility index (Phi) is 4.23. The van der Waals surface area contributed by atoms with Crippen LogP contribution < -0.4 is 5.32 Å². The second kappa shape index (κ2) is 5.90. The number of nitrogens with one attached hydrogen (secondary N) is 1. The number of aliphatic carboxylic acids is 1. The molecule has 2 aromatic rings. The average molecular weight is 272 g/mol. The summed E-state index contributed by atoms with van der Waals surface area (Å²) >= 11 is 0. The number of para-hydroxylation sites is 1. The standard InChI is InChI=1S/C16H20N2O2/c1-3-16(4-2,15(19)20)11-17-14-10-9-12-7-5-6-8-13(12)18-14/h5-10H,3-4,11H2,1-2H3,(H,17,18)(H,19,20). The van der Waals surface area contributed by atoms with Crippen molar-refractivity contribution in [1.29, 1.82) is 0 Å². The molecule has 0 aliphatic heterocycles. The van der Waals surface area contributed by atoms with E-state index >= 15 is 0 Å². The number of carboxylic acids is 1. The van der Waals surface area contributed by atoms with E-state index in [0.29, 0.717) is 19.4 Å². The molecule has 0 bridgehead atoms. The van der Waals surface area contributed by atoms with Crippen LogP contribution in [0, 0.1) is 5.41 Å². The van der Waals surface area contributed by atoms with Gasteiger partial charge in [-0.3, -0.25) is 4.79 Å². The SMILES string of the molecule is CCC(CC)(CNc1ccc2ccccc2n1)C(=O)O. The van der Waals surface area contributed by atoms with Crippen LogP contribution in [0.15, 0.2) is 36.4 Å². The molecule has 0 amide bonds. The predicted octanol–water partition coefficient (Wildman–Crippen LogP) is 3.54. The molecule has 20 heavy (non-hydrogen) atoms. The Morgan fingerprint density at radius 3 is 2.55 bits per heavy atom. The van der Waals surface area contributed by atoms with E-state index in [-0.39, 0.29) is 0 Å². The second-order valence-electron chi connectivity index (χ2n) is 5.04. The number of rotatable bonds is 6. The zero-order valence-corrected chi connectivity index (χ0v) is 11.9. The lowest BCUT2D eigenvalue weighted by atomic mass is 9.82. The van der Waals surface area contributed by atoms with Crippen molar-refractivity contribution in [3.63, 3.8) is 0 Å². The molecule has 0 aliphatic rings. The van der Waals surface area contributed by atoms with Gasteiger partial charge in [0.15, 0.2) is 0 Å². The Morgan fingerprint density at radius 1 is 1.20 bits per heavy atom. The highest BCUT2D eigenvalue weighted by atomic mass is 16.4. The van der Waals surface area contributed by atoms with Gasteiger partial charge in [0.25, 0.3) is 0 Å². The van der Waals surface area contributed by atoms with Gasteiger partial charge in [0.2, 0.25) is 0 Å². The number of hydrogen-bond acceptors (Lipinski definition) is 3. The van der Waals surface area contributed by atoms with Crippen LogP contribution in [0.4, 0.5) is 5.82 Å². The largest absolute Gasteiger partial charge is 0.481 e. The summed E-state index contributed by atoms with van der Waals surface area (Å²) in [5, 5.41) is 13.7. The summed E-state index contributed by atoms with van der Waals surface area (Å²) in [6.07, 6.45) is 1.19. The molecule has 1 heterocycles. The highest BCUT2D eigenvalue weighted by Gasteiger charge is 2.34. The molecule has 0 unspecified atom stereocenters. The van der Waals surface area contributed by atoms with Gasteiger partial charge in [-0.1, -0.05) is 32.0 Å². The van der Waals surface area contributed by atoms with Crippen LogP contribution in [-0.4, -0.2) is 22.6 Å². The molecule has 0 fully saturated rings. The zero-order valence-electron chi connectivity index (χ0n) is 11.9. The van der Waals surface area contributed by atoms with E-state index in [1.54, 1.807) is 0 Å². The maximum absolute atomic E-state index is 11.5. The molecule has 0 spiro atoms. The fourth-order valence-corrected chi connectivity index (χ4v) is 2.30. The minimum absolute atomic E-state index is 0.390. The Labute approximate surface area is 118 Å². The molecule has 4 heteroatoms. The molecular weight excluding hydrogens is 252 g/mol. The van der Waals surface area contributed by atoms with Crippen LogP contribution in [0.5, 0.6) is 0 Å². The van der Waals surface area contributed by atoms with Gasteiger partial charge in [-0.15, -0.1) is 0 Å². The Morgan fingerprint density at radius 2 is 1.90 bits per heavy atom. The lowest BCUT2D eigenvalue weighted by Crippen LogP contribution is -2.37. The van der Waals surface area contributed by atoms with Crippen molar-refractivity contribution in [3.8, 4) is 0 Å². The van der Waals surface area contributed by atoms with E-state index in [0.717, 1.165) is 16.7 Å². The van der Waals surface area contributed by atoms with Gasteiger partial charge in [0.1, 0.15) is 5.82 Å². The number of anilines is 1. The van der Waals surface area contributed by atoms with Crippen molar-refractivity contribution in [2.75, 3.05) is 11.9 Å². The van der Waals surface area contributed by atoms with E-state index in [2.05, 4.69) is 10.3 Å². The monoisotopic (exact) mass is 272 g/mol. The number of hydrogen-bond donors (Lipinski definition) is 2. The van der Waals surface area contributed by atoms with Crippen LogP contribution in [0.1, 0.15) is 26.7 Å². The number of aromatic nitrogens is 1. The van der Waals surface area contributed by atoms with Crippen LogP contribution in [0.2, 0.25) is 0 Å². The Bertz CT molecular complexity index is 606. The van der Waals surface area contributed by atoms with Crippen LogP contribution in [-0.2, 0) is 4.79 Å². The fourth-order valence-electron chi connectivity index (χ4n) is 2.30. The van der Waals surface area contributed by atoms with Crippen LogP contribution >= 0.6 is 0 Å². The lowest BCUT2D eigenvalue weighted by molar-refractivity contribution is -0.148. The molecule has 1 aromatic heterocycles. The van der Waals surface area contributed by atoms with Gasteiger partial charge in [-0.2, -0.15) is 0 Å². The van der Waals surface area contributed by atoms with Gasteiger partial charge in [-0.25, -0.2) is 4.98 Å². The second-order valence-corrected chi connectivity index (χ2v) is 5.04. The first-order chi connectivity index (χ1) is 9.61. The fraction of sp³-hybridized carbons (Fsp3) is 0.375. The summed E-state index contributed by atoms with van der Waals surface area (Å²) in [5.74, 6) is -0.0352. The molecule has 2 N–H and O–H groups in total. The Hall–Kier alpha value is -2.10. The molecule has 0 atom stereocenters. The third kappa shape index (κ3) is 2.74. The number of carbonyl (C=O) groups is 1. The smallest absolute Gasteiger partial charge is 0.311 e. The van der Waals surface area contributed by atoms with E-state index in [9.17, 15) is 9.90 Å². The first kappa shape index (κ1) is 14.3. The summed E-state index contributed by atoms with van der Waals surface area (Å²) in [6.45, 7) is 4.21. The molecule has 1 aromatic carbocycles. The number of pyridine rings is 1. The van der Waals surface area contributed by atoms with Gasteiger partial charge in [-0.05, 0) is 31.0 Å². The number of benzene rings is 1. The van der Waals surface area contributed by atoms with Crippen molar-refractivity contribution >= 4 is 22.7 Å². The molecular formula is C16H20N2O2. The summed E-state index contributed by atoms with van der Waals surface area (Å²) in [6, 6.07) is 11.8. The van der Waals surface area contributed by atoms with Crippen molar-refractivity contribution in [3.05, 3.63) is 36.4 Å². The molecule has 4 nitrogen and oxygen atoms in total. The maximum atomic E-state index is 11.5. The summed E-state index contributed by atoms with van der Waals surface area (Å²) < 4.78 is 0. The maximum Gasteiger partial charge on any atom is 0.311 e. The summed E-state index contributed by atoms with van der Waals surface area (Å²) in [7, 11) is 0. The molecule has 0 radical (unpaired) electrons.